The highest BCUT2D eigenvalue weighted by Crippen LogP contribution is 2.28. The van der Waals surface area contributed by atoms with Crippen molar-refractivity contribution in [2.45, 2.75) is 70.7 Å². The minimum atomic E-state index is -0.631. The van der Waals surface area contributed by atoms with Gasteiger partial charge in [-0.05, 0) is 46.6 Å². The SMILES string of the molecule is C=C[C@H](CC[C@H](C)OC(=O)/C=C/[C@@H]1OC(C)(C)O[C@H]1C)OCOC. The van der Waals surface area contributed by atoms with Gasteiger partial charge >= 0.3 is 5.97 Å². The highest BCUT2D eigenvalue weighted by Gasteiger charge is 2.37. The van der Waals surface area contributed by atoms with Crippen LogP contribution < -0.4 is 0 Å². The van der Waals surface area contributed by atoms with Crippen LogP contribution in [0.2, 0.25) is 0 Å². The van der Waals surface area contributed by atoms with Crippen LogP contribution in [-0.2, 0) is 28.5 Å². The van der Waals surface area contributed by atoms with Crippen molar-refractivity contribution in [2.75, 3.05) is 13.9 Å². The molecule has 0 amide bonds. The topological polar surface area (TPSA) is 63.2 Å². The minimum absolute atomic E-state index is 0.104. The van der Waals surface area contributed by atoms with Crippen molar-refractivity contribution in [3.63, 3.8) is 0 Å². The molecule has 0 N–H and O–H groups in total. The fourth-order valence-electron chi connectivity index (χ4n) is 2.46. The van der Waals surface area contributed by atoms with Crippen molar-refractivity contribution in [3.05, 3.63) is 24.8 Å². The van der Waals surface area contributed by atoms with Crippen LogP contribution in [-0.4, -0.2) is 50.1 Å². The molecule has 0 aliphatic carbocycles. The molecular formula is C18H30O6. The van der Waals surface area contributed by atoms with E-state index in [9.17, 15) is 4.79 Å². The molecule has 1 aliphatic heterocycles. The maximum Gasteiger partial charge on any atom is 0.330 e. The Bertz CT molecular complexity index is 431. The molecule has 0 unspecified atom stereocenters. The molecule has 1 fully saturated rings. The number of hydrogen-bond donors (Lipinski definition) is 0. The van der Waals surface area contributed by atoms with Gasteiger partial charge in [0.05, 0.1) is 18.3 Å². The maximum atomic E-state index is 11.9. The lowest BCUT2D eigenvalue weighted by Crippen LogP contribution is -2.21. The van der Waals surface area contributed by atoms with Crippen molar-refractivity contribution in [2.24, 2.45) is 0 Å². The van der Waals surface area contributed by atoms with Crippen LogP contribution in [0, 0.1) is 0 Å². The van der Waals surface area contributed by atoms with Gasteiger partial charge in [0.1, 0.15) is 12.9 Å². The predicted octanol–water partition coefficient (Wildman–Crippen LogP) is 2.97. The van der Waals surface area contributed by atoms with E-state index in [0.717, 1.165) is 0 Å². The molecule has 1 aliphatic rings. The van der Waals surface area contributed by atoms with Crippen LogP contribution in [0.4, 0.5) is 0 Å². The average Bonchev–Trinajstić information content (AvgIpc) is 2.77. The van der Waals surface area contributed by atoms with Gasteiger partial charge in [0, 0.05) is 13.2 Å². The molecule has 0 aromatic rings. The zero-order valence-corrected chi connectivity index (χ0v) is 15.3. The Hall–Kier alpha value is -1.21. The van der Waals surface area contributed by atoms with E-state index in [1.54, 1.807) is 19.3 Å². The van der Waals surface area contributed by atoms with E-state index in [0.29, 0.717) is 12.8 Å². The van der Waals surface area contributed by atoms with E-state index in [4.69, 9.17) is 23.7 Å². The summed E-state index contributed by atoms with van der Waals surface area (Å²) < 4.78 is 26.9. The molecule has 138 valence electrons. The number of esters is 1. The Kier molecular flexibility index (Phi) is 8.62. The molecule has 1 rings (SSSR count). The van der Waals surface area contributed by atoms with Gasteiger partial charge in [0.15, 0.2) is 5.79 Å². The normalized spacial score (nSPS) is 25.5. The summed E-state index contributed by atoms with van der Waals surface area (Å²) in [5.74, 6) is -1.02. The van der Waals surface area contributed by atoms with Crippen LogP contribution in [0.3, 0.4) is 0 Å². The highest BCUT2D eigenvalue weighted by atomic mass is 16.7. The third-order valence-corrected chi connectivity index (χ3v) is 3.61. The van der Waals surface area contributed by atoms with Crippen LogP contribution in [0.15, 0.2) is 24.8 Å². The van der Waals surface area contributed by atoms with E-state index in [-0.39, 0.29) is 31.2 Å². The van der Waals surface area contributed by atoms with E-state index >= 15 is 0 Å². The average molecular weight is 342 g/mol. The Morgan fingerprint density at radius 3 is 2.58 bits per heavy atom. The second-order valence-electron chi connectivity index (χ2n) is 6.34. The van der Waals surface area contributed by atoms with Crippen LogP contribution in [0.1, 0.15) is 40.5 Å². The number of ether oxygens (including phenoxy) is 5. The Labute approximate surface area is 144 Å². The lowest BCUT2D eigenvalue weighted by atomic mass is 10.1. The number of methoxy groups -OCH3 is 1. The molecule has 24 heavy (non-hydrogen) atoms. The Balaban J connectivity index is 2.33. The van der Waals surface area contributed by atoms with E-state index in [1.165, 1.54) is 6.08 Å². The van der Waals surface area contributed by atoms with Crippen LogP contribution in [0.25, 0.3) is 0 Å². The first-order chi connectivity index (χ1) is 11.3. The quantitative estimate of drug-likeness (QED) is 0.263. The summed E-state index contributed by atoms with van der Waals surface area (Å²) in [5, 5.41) is 0. The standard InChI is InChI=1S/C18H30O6/c1-7-15(21-12-20-6)9-8-13(2)22-17(19)11-10-16-14(3)23-18(4,5)24-16/h7,10-11,13-16H,1,8-9,12H2,2-6H3/b11-10+/t13-,14-,15+,16-/m0/s1. The Morgan fingerprint density at radius 1 is 1.33 bits per heavy atom. The van der Waals surface area contributed by atoms with Gasteiger partial charge in [-0.3, -0.25) is 0 Å². The summed E-state index contributed by atoms with van der Waals surface area (Å²) in [4.78, 5) is 11.9. The van der Waals surface area contributed by atoms with Crippen molar-refractivity contribution in [3.8, 4) is 0 Å². The third-order valence-electron chi connectivity index (χ3n) is 3.61. The number of carbonyl (C=O) groups excluding carboxylic acids is 1. The molecule has 0 radical (unpaired) electrons. The molecule has 0 saturated carbocycles. The zero-order valence-electron chi connectivity index (χ0n) is 15.3. The van der Waals surface area contributed by atoms with Gasteiger partial charge in [-0.15, -0.1) is 6.58 Å². The van der Waals surface area contributed by atoms with Gasteiger partial charge in [0.25, 0.3) is 0 Å². The Morgan fingerprint density at radius 2 is 2.04 bits per heavy atom. The molecule has 0 bridgehead atoms. The lowest BCUT2D eigenvalue weighted by molar-refractivity contribution is -0.144. The largest absolute Gasteiger partial charge is 0.460 e. The minimum Gasteiger partial charge on any atom is -0.460 e. The second kappa shape index (κ2) is 9.93. The third kappa shape index (κ3) is 7.57. The predicted molar refractivity (Wildman–Crippen MR) is 90.4 cm³/mol. The fraction of sp³-hybridized carbons (Fsp3) is 0.722. The van der Waals surface area contributed by atoms with Crippen molar-refractivity contribution in [1.82, 2.24) is 0 Å². The maximum absolute atomic E-state index is 11.9. The summed E-state index contributed by atoms with van der Waals surface area (Å²) in [7, 11) is 1.57. The first-order valence-electron chi connectivity index (χ1n) is 8.25. The van der Waals surface area contributed by atoms with E-state index in [2.05, 4.69) is 6.58 Å². The zero-order chi connectivity index (χ0) is 18.2. The first-order valence-corrected chi connectivity index (χ1v) is 8.25. The van der Waals surface area contributed by atoms with Gasteiger partial charge in [0.2, 0.25) is 0 Å². The lowest BCUT2D eigenvalue weighted by Gasteiger charge is -2.17. The smallest absolute Gasteiger partial charge is 0.330 e. The molecule has 1 heterocycles. The van der Waals surface area contributed by atoms with Gasteiger partial charge in [-0.1, -0.05) is 6.08 Å². The molecular weight excluding hydrogens is 312 g/mol. The van der Waals surface area contributed by atoms with Crippen molar-refractivity contribution >= 4 is 5.97 Å². The molecule has 0 aromatic heterocycles. The molecule has 4 atom stereocenters. The van der Waals surface area contributed by atoms with Crippen molar-refractivity contribution in [1.29, 1.82) is 0 Å². The highest BCUT2D eigenvalue weighted by molar-refractivity contribution is 5.82. The fourth-order valence-corrected chi connectivity index (χ4v) is 2.46. The van der Waals surface area contributed by atoms with Gasteiger partial charge in [-0.2, -0.15) is 0 Å². The first kappa shape index (κ1) is 20.8. The number of hydrogen-bond acceptors (Lipinski definition) is 6. The monoisotopic (exact) mass is 342 g/mol. The summed E-state index contributed by atoms with van der Waals surface area (Å²) in [5.41, 5.74) is 0. The van der Waals surface area contributed by atoms with E-state index in [1.807, 2.05) is 27.7 Å². The van der Waals surface area contributed by atoms with Gasteiger partial charge < -0.3 is 23.7 Å². The molecule has 0 spiro atoms. The summed E-state index contributed by atoms with van der Waals surface area (Å²) >= 11 is 0. The van der Waals surface area contributed by atoms with Crippen molar-refractivity contribution < 1.29 is 28.5 Å². The summed E-state index contributed by atoms with van der Waals surface area (Å²) in [6, 6.07) is 0. The number of rotatable bonds is 10. The van der Waals surface area contributed by atoms with Crippen LogP contribution >= 0.6 is 0 Å². The molecule has 6 heteroatoms. The van der Waals surface area contributed by atoms with E-state index < -0.39 is 11.8 Å². The van der Waals surface area contributed by atoms with Crippen LogP contribution in [0.5, 0.6) is 0 Å². The van der Waals surface area contributed by atoms with Gasteiger partial charge in [-0.25, -0.2) is 4.79 Å². The number of carbonyl (C=O) groups is 1. The second-order valence-corrected chi connectivity index (χ2v) is 6.34. The summed E-state index contributed by atoms with van der Waals surface area (Å²) in [6.07, 6.45) is 5.48. The molecule has 6 nitrogen and oxygen atoms in total. The molecule has 0 aromatic carbocycles. The molecule has 1 saturated heterocycles. The summed E-state index contributed by atoms with van der Waals surface area (Å²) in [6.45, 7) is 11.4.